The topological polar surface area (TPSA) is 79.1 Å². The number of hydrogen-bond acceptors (Lipinski definition) is 7. The number of fused-ring (bicyclic) bond motifs is 1. The van der Waals surface area contributed by atoms with Gasteiger partial charge in [-0.3, -0.25) is 9.36 Å². The maximum atomic E-state index is 14.0. The van der Waals surface area contributed by atoms with Crippen LogP contribution in [0.15, 0.2) is 88.2 Å². The SMILES string of the molecule is CCOC(=O)C1=C(c2ccccc2)N=c2s/c(=C\c3cc(OC)ccc3OC)c(=O)n2[C@@H]1c1ccc(F)cc1. The molecule has 0 spiro atoms. The fraction of sp³-hybridized carbons (Fsp3) is 0.167. The van der Waals surface area contributed by atoms with Crippen molar-refractivity contribution in [1.29, 1.82) is 0 Å². The highest BCUT2D eigenvalue weighted by Crippen LogP contribution is 2.35. The molecule has 0 amide bonds. The van der Waals surface area contributed by atoms with Gasteiger partial charge in [0.15, 0.2) is 4.80 Å². The summed E-state index contributed by atoms with van der Waals surface area (Å²) in [5.74, 6) is 0.142. The molecular formula is C30H25FN2O5S. The quantitative estimate of drug-likeness (QED) is 0.328. The van der Waals surface area contributed by atoms with E-state index in [0.29, 0.717) is 43.2 Å². The van der Waals surface area contributed by atoms with Crippen LogP contribution in [0, 0.1) is 5.82 Å². The van der Waals surface area contributed by atoms with Gasteiger partial charge in [0.2, 0.25) is 0 Å². The second-order valence-corrected chi connectivity index (χ2v) is 9.60. The van der Waals surface area contributed by atoms with Crippen molar-refractivity contribution >= 4 is 29.1 Å². The Labute approximate surface area is 227 Å². The van der Waals surface area contributed by atoms with Gasteiger partial charge in [0.05, 0.1) is 42.7 Å². The molecule has 1 atom stereocenters. The number of thiazole rings is 1. The zero-order valence-electron chi connectivity index (χ0n) is 21.5. The molecule has 1 aromatic heterocycles. The Morgan fingerprint density at radius 3 is 2.46 bits per heavy atom. The summed E-state index contributed by atoms with van der Waals surface area (Å²) in [6.07, 6.45) is 1.71. The fourth-order valence-electron chi connectivity index (χ4n) is 4.49. The summed E-state index contributed by atoms with van der Waals surface area (Å²) in [6.45, 7) is 1.85. The summed E-state index contributed by atoms with van der Waals surface area (Å²) in [4.78, 5) is 32.6. The van der Waals surface area contributed by atoms with Gasteiger partial charge in [0.25, 0.3) is 5.56 Å². The predicted octanol–water partition coefficient (Wildman–Crippen LogP) is 4.09. The molecule has 1 aliphatic heterocycles. The van der Waals surface area contributed by atoms with Gasteiger partial charge < -0.3 is 14.2 Å². The molecule has 3 aromatic carbocycles. The molecule has 5 rings (SSSR count). The molecule has 0 N–H and O–H groups in total. The summed E-state index contributed by atoms with van der Waals surface area (Å²) in [6, 6.07) is 19.4. The van der Waals surface area contributed by atoms with Crippen LogP contribution >= 0.6 is 11.3 Å². The highest BCUT2D eigenvalue weighted by Gasteiger charge is 2.35. The van der Waals surface area contributed by atoms with Gasteiger partial charge in [-0.2, -0.15) is 0 Å². The second kappa shape index (κ2) is 11.1. The Kier molecular flexibility index (Phi) is 7.42. The molecule has 7 nitrogen and oxygen atoms in total. The van der Waals surface area contributed by atoms with Gasteiger partial charge in [0.1, 0.15) is 17.3 Å². The predicted molar refractivity (Wildman–Crippen MR) is 147 cm³/mol. The second-order valence-electron chi connectivity index (χ2n) is 8.59. The van der Waals surface area contributed by atoms with Crippen LogP contribution < -0.4 is 24.4 Å². The number of rotatable bonds is 7. The number of nitrogens with zero attached hydrogens (tertiary/aromatic N) is 2. The summed E-state index contributed by atoms with van der Waals surface area (Å²) in [7, 11) is 3.11. The monoisotopic (exact) mass is 544 g/mol. The molecule has 198 valence electrons. The van der Waals surface area contributed by atoms with Crippen molar-refractivity contribution in [1.82, 2.24) is 4.57 Å². The Morgan fingerprint density at radius 1 is 1.05 bits per heavy atom. The van der Waals surface area contributed by atoms with Crippen molar-refractivity contribution in [3.63, 3.8) is 0 Å². The first-order valence-electron chi connectivity index (χ1n) is 12.2. The Hall–Kier alpha value is -4.50. The number of benzene rings is 3. The Morgan fingerprint density at radius 2 is 1.79 bits per heavy atom. The number of hydrogen-bond donors (Lipinski definition) is 0. The standard InChI is InChI=1S/C30H25FN2O5S/c1-4-38-29(35)25-26(18-8-6-5-7-9-18)32-30-33(27(25)19-10-12-21(31)13-11-19)28(34)24(39-30)17-20-16-22(36-2)14-15-23(20)37-3/h5-17,27H,4H2,1-3H3/b24-17-/t27-/m1/s1. The van der Waals surface area contributed by atoms with E-state index in [-0.39, 0.29) is 17.7 Å². The molecule has 0 fully saturated rings. The molecule has 9 heteroatoms. The average molecular weight is 545 g/mol. The van der Waals surface area contributed by atoms with Crippen molar-refractivity contribution in [2.75, 3.05) is 20.8 Å². The lowest BCUT2D eigenvalue weighted by molar-refractivity contribution is -0.138. The van der Waals surface area contributed by atoms with E-state index in [1.165, 1.54) is 28.0 Å². The van der Waals surface area contributed by atoms with E-state index >= 15 is 0 Å². The molecule has 1 aliphatic rings. The summed E-state index contributed by atoms with van der Waals surface area (Å²) in [5.41, 5.74) is 2.14. The van der Waals surface area contributed by atoms with Crippen LogP contribution in [0.2, 0.25) is 0 Å². The van der Waals surface area contributed by atoms with Gasteiger partial charge in [0, 0.05) is 11.1 Å². The summed E-state index contributed by atoms with van der Waals surface area (Å²) in [5, 5.41) is 0. The zero-order valence-corrected chi connectivity index (χ0v) is 22.3. The third-order valence-corrected chi connectivity index (χ3v) is 7.27. The molecule has 0 unspecified atom stereocenters. The lowest BCUT2D eigenvalue weighted by Gasteiger charge is -2.25. The first kappa shape index (κ1) is 26.1. The summed E-state index contributed by atoms with van der Waals surface area (Å²) >= 11 is 1.19. The number of methoxy groups -OCH3 is 2. The maximum absolute atomic E-state index is 14.0. The van der Waals surface area contributed by atoms with Crippen molar-refractivity contribution in [3.8, 4) is 11.5 Å². The van der Waals surface area contributed by atoms with Crippen LogP contribution in [-0.4, -0.2) is 31.4 Å². The fourth-order valence-corrected chi connectivity index (χ4v) is 5.49. The normalized spacial score (nSPS) is 15.0. The van der Waals surface area contributed by atoms with Crippen molar-refractivity contribution in [2.24, 2.45) is 4.99 Å². The molecule has 0 saturated heterocycles. The van der Waals surface area contributed by atoms with Crippen LogP contribution in [-0.2, 0) is 9.53 Å². The largest absolute Gasteiger partial charge is 0.497 e. The number of carbonyl (C=O) groups excluding carboxylic acids is 1. The lowest BCUT2D eigenvalue weighted by Crippen LogP contribution is -2.40. The van der Waals surface area contributed by atoms with E-state index in [9.17, 15) is 14.0 Å². The number of halogens is 1. The van der Waals surface area contributed by atoms with Crippen LogP contribution in [0.1, 0.15) is 29.7 Å². The van der Waals surface area contributed by atoms with Gasteiger partial charge in [-0.25, -0.2) is 14.2 Å². The molecule has 2 heterocycles. The third kappa shape index (κ3) is 5.00. The van der Waals surface area contributed by atoms with Crippen LogP contribution in [0.4, 0.5) is 4.39 Å². The van der Waals surface area contributed by atoms with Crippen molar-refractivity contribution < 1.29 is 23.4 Å². The van der Waals surface area contributed by atoms with Crippen molar-refractivity contribution in [3.05, 3.63) is 121 Å². The number of carbonyl (C=O) groups is 1. The minimum Gasteiger partial charge on any atom is -0.497 e. The molecule has 0 bridgehead atoms. The number of aromatic nitrogens is 1. The molecule has 4 aromatic rings. The van der Waals surface area contributed by atoms with Gasteiger partial charge in [-0.15, -0.1) is 0 Å². The van der Waals surface area contributed by atoms with Crippen molar-refractivity contribution in [2.45, 2.75) is 13.0 Å². The smallest absolute Gasteiger partial charge is 0.338 e. The molecule has 0 saturated carbocycles. The summed E-state index contributed by atoms with van der Waals surface area (Å²) < 4.78 is 32.0. The number of esters is 1. The first-order valence-corrected chi connectivity index (χ1v) is 13.0. The van der Waals surface area contributed by atoms with E-state index in [0.717, 1.165) is 0 Å². The van der Waals surface area contributed by atoms with E-state index in [2.05, 4.69) is 0 Å². The van der Waals surface area contributed by atoms with Gasteiger partial charge >= 0.3 is 5.97 Å². The zero-order chi connectivity index (χ0) is 27.5. The van der Waals surface area contributed by atoms with E-state index in [4.69, 9.17) is 19.2 Å². The Balaban J connectivity index is 1.83. The van der Waals surface area contributed by atoms with E-state index in [1.807, 2.05) is 30.3 Å². The molecule has 0 radical (unpaired) electrons. The Bertz CT molecular complexity index is 1740. The van der Waals surface area contributed by atoms with Crippen LogP contribution in [0.25, 0.3) is 11.8 Å². The number of ether oxygens (including phenoxy) is 3. The highest BCUT2D eigenvalue weighted by atomic mass is 32.1. The van der Waals surface area contributed by atoms with Crippen LogP contribution in [0.3, 0.4) is 0 Å². The van der Waals surface area contributed by atoms with E-state index < -0.39 is 17.8 Å². The molecule has 0 aliphatic carbocycles. The van der Waals surface area contributed by atoms with E-state index in [1.54, 1.807) is 57.6 Å². The van der Waals surface area contributed by atoms with Gasteiger partial charge in [-0.05, 0) is 48.9 Å². The minimum absolute atomic E-state index is 0.139. The average Bonchev–Trinajstić information content (AvgIpc) is 3.27. The lowest BCUT2D eigenvalue weighted by atomic mass is 9.93. The highest BCUT2D eigenvalue weighted by molar-refractivity contribution is 7.07. The minimum atomic E-state index is -0.884. The maximum Gasteiger partial charge on any atom is 0.338 e. The molecular weight excluding hydrogens is 519 g/mol. The van der Waals surface area contributed by atoms with Crippen LogP contribution in [0.5, 0.6) is 11.5 Å². The first-order chi connectivity index (χ1) is 18.9. The molecule has 39 heavy (non-hydrogen) atoms. The van der Waals surface area contributed by atoms with Gasteiger partial charge in [-0.1, -0.05) is 53.8 Å². The third-order valence-electron chi connectivity index (χ3n) is 6.28.